The van der Waals surface area contributed by atoms with Gasteiger partial charge in [-0.3, -0.25) is 0 Å². The molecular formula is C13H17FN2O3. The van der Waals surface area contributed by atoms with E-state index in [1.165, 1.54) is 6.07 Å². The first-order valence-electron chi connectivity index (χ1n) is 5.87. The van der Waals surface area contributed by atoms with E-state index in [0.29, 0.717) is 5.56 Å². The lowest BCUT2D eigenvalue weighted by atomic mass is 10.1. The standard InChI is InChI=1S/C13H17FN2O3/c1-7(2)11(12(17)18)16-13(19)15-10-5-8(3)4-9(14)6-10/h4-7,11H,1-3H3,(H,17,18)(H2,15,16,19)/t11-/m1/s1. The molecule has 0 fully saturated rings. The van der Waals surface area contributed by atoms with E-state index in [-0.39, 0.29) is 11.6 Å². The topological polar surface area (TPSA) is 78.4 Å². The van der Waals surface area contributed by atoms with Gasteiger partial charge >= 0.3 is 12.0 Å². The van der Waals surface area contributed by atoms with Gasteiger partial charge in [-0.25, -0.2) is 14.0 Å². The van der Waals surface area contributed by atoms with Crippen LogP contribution in [0.25, 0.3) is 0 Å². The third-order valence-electron chi connectivity index (χ3n) is 2.52. The summed E-state index contributed by atoms with van der Waals surface area (Å²) in [6, 6.07) is 2.42. The Morgan fingerprint density at radius 1 is 1.26 bits per heavy atom. The smallest absolute Gasteiger partial charge is 0.326 e. The molecule has 0 unspecified atom stereocenters. The largest absolute Gasteiger partial charge is 0.480 e. The highest BCUT2D eigenvalue weighted by Gasteiger charge is 2.23. The van der Waals surface area contributed by atoms with Crippen LogP contribution in [0.5, 0.6) is 0 Å². The average Bonchev–Trinajstić information content (AvgIpc) is 2.23. The Bertz CT molecular complexity index is 469. The maximum atomic E-state index is 13.1. The van der Waals surface area contributed by atoms with Gasteiger partial charge in [0.2, 0.25) is 0 Å². The minimum absolute atomic E-state index is 0.252. The van der Waals surface area contributed by atoms with Crippen molar-refractivity contribution in [1.29, 1.82) is 0 Å². The van der Waals surface area contributed by atoms with Crippen molar-refractivity contribution >= 4 is 17.7 Å². The number of carboxylic acid groups (broad SMARTS) is 1. The van der Waals surface area contributed by atoms with E-state index in [9.17, 15) is 14.0 Å². The molecule has 104 valence electrons. The minimum atomic E-state index is -1.11. The lowest BCUT2D eigenvalue weighted by Gasteiger charge is -2.18. The summed E-state index contributed by atoms with van der Waals surface area (Å²) in [5.41, 5.74) is 0.942. The van der Waals surface area contributed by atoms with Crippen molar-refractivity contribution in [3.05, 3.63) is 29.6 Å². The van der Waals surface area contributed by atoms with Gasteiger partial charge in [0.1, 0.15) is 11.9 Å². The van der Waals surface area contributed by atoms with Crippen LogP contribution >= 0.6 is 0 Å². The van der Waals surface area contributed by atoms with Gasteiger partial charge in [-0.15, -0.1) is 0 Å². The molecule has 5 nitrogen and oxygen atoms in total. The van der Waals surface area contributed by atoms with Crippen LogP contribution in [0.15, 0.2) is 18.2 Å². The number of hydrogen-bond acceptors (Lipinski definition) is 2. The van der Waals surface area contributed by atoms with Gasteiger partial charge in [0, 0.05) is 5.69 Å². The fourth-order valence-electron chi connectivity index (χ4n) is 1.63. The van der Waals surface area contributed by atoms with Crippen LogP contribution < -0.4 is 10.6 Å². The van der Waals surface area contributed by atoms with Crippen LogP contribution in [0.2, 0.25) is 0 Å². The molecule has 0 aliphatic carbocycles. The Labute approximate surface area is 110 Å². The molecule has 6 heteroatoms. The quantitative estimate of drug-likeness (QED) is 0.784. The van der Waals surface area contributed by atoms with E-state index >= 15 is 0 Å². The van der Waals surface area contributed by atoms with Crippen molar-refractivity contribution in [2.45, 2.75) is 26.8 Å². The maximum absolute atomic E-state index is 13.1. The van der Waals surface area contributed by atoms with Crippen molar-refractivity contribution in [3.63, 3.8) is 0 Å². The Hall–Kier alpha value is -2.11. The van der Waals surface area contributed by atoms with Gasteiger partial charge in [0.25, 0.3) is 0 Å². The molecule has 2 amide bonds. The summed E-state index contributed by atoms with van der Waals surface area (Å²) in [5.74, 6) is -1.83. The van der Waals surface area contributed by atoms with E-state index in [4.69, 9.17) is 5.11 Å². The fraction of sp³-hybridized carbons (Fsp3) is 0.385. The van der Waals surface area contributed by atoms with Crippen LogP contribution in [0.3, 0.4) is 0 Å². The molecule has 0 aliphatic rings. The number of amides is 2. The average molecular weight is 268 g/mol. The van der Waals surface area contributed by atoms with Crippen LogP contribution in [0.1, 0.15) is 19.4 Å². The zero-order valence-corrected chi connectivity index (χ0v) is 11.0. The van der Waals surface area contributed by atoms with Crippen molar-refractivity contribution < 1.29 is 19.1 Å². The molecule has 1 aromatic carbocycles. The molecule has 0 saturated carbocycles. The molecule has 0 saturated heterocycles. The summed E-state index contributed by atoms with van der Waals surface area (Å²) in [6.45, 7) is 5.07. The van der Waals surface area contributed by atoms with E-state index in [1.807, 2.05) is 0 Å². The lowest BCUT2D eigenvalue weighted by molar-refractivity contribution is -0.140. The number of carboxylic acids is 1. The number of anilines is 1. The fourth-order valence-corrected chi connectivity index (χ4v) is 1.63. The summed E-state index contributed by atoms with van der Waals surface area (Å²) >= 11 is 0. The Kier molecular flexibility index (Phi) is 4.86. The second-order valence-corrected chi connectivity index (χ2v) is 4.68. The van der Waals surface area contributed by atoms with E-state index < -0.39 is 23.9 Å². The number of urea groups is 1. The summed E-state index contributed by atoms with van der Waals surface area (Å²) in [4.78, 5) is 22.6. The van der Waals surface area contributed by atoms with Gasteiger partial charge in [0.15, 0.2) is 0 Å². The molecule has 0 radical (unpaired) electrons. The van der Waals surface area contributed by atoms with Crippen LogP contribution in [-0.2, 0) is 4.79 Å². The number of rotatable bonds is 4. The normalized spacial score (nSPS) is 12.1. The van der Waals surface area contributed by atoms with Crippen molar-refractivity contribution in [2.24, 2.45) is 5.92 Å². The SMILES string of the molecule is Cc1cc(F)cc(NC(=O)N[C@@H](C(=O)O)C(C)C)c1. The second-order valence-electron chi connectivity index (χ2n) is 4.68. The minimum Gasteiger partial charge on any atom is -0.480 e. The third kappa shape index (κ3) is 4.57. The number of halogens is 1. The zero-order valence-electron chi connectivity index (χ0n) is 11.0. The summed E-state index contributed by atoms with van der Waals surface area (Å²) in [7, 11) is 0. The number of aryl methyl sites for hydroxylation is 1. The van der Waals surface area contributed by atoms with E-state index in [0.717, 1.165) is 6.07 Å². The maximum Gasteiger partial charge on any atom is 0.326 e. The van der Waals surface area contributed by atoms with Crippen LogP contribution in [0, 0.1) is 18.7 Å². The Morgan fingerprint density at radius 2 is 1.89 bits per heavy atom. The molecule has 1 rings (SSSR count). The van der Waals surface area contributed by atoms with E-state index in [2.05, 4.69) is 10.6 Å². The third-order valence-corrected chi connectivity index (χ3v) is 2.52. The predicted octanol–water partition coefficient (Wildman–Crippen LogP) is 2.36. The number of aliphatic carboxylic acids is 1. The summed E-state index contributed by atoms with van der Waals surface area (Å²) in [5, 5.41) is 13.7. The van der Waals surface area contributed by atoms with Gasteiger partial charge in [-0.1, -0.05) is 13.8 Å². The van der Waals surface area contributed by atoms with Crippen molar-refractivity contribution in [1.82, 2.24) is 5.32 Å². The van der Waals surface area contributed by atoms with Crippen LogP contribution in [0.4, 0.5) is 14.9 Å². The summed E-state index contributed by atoms with van der Waals surface area (Å²) < 4.78 is 13.1. The first-order valence-corrected chi connectivity index (χ1v) is 5.87. The van der Waals surface area contributed by atoms with Gasteiger partial charge in [-0.2, -0.15) is 0 Å². The highest BCUT2D eigenvalue weighted by molar-refractivity contribution is 5.92. The van der Waals surface area contributed by atoms with Crippen LogP contribution in [-0.4, -0.2) is 23.1 Å². The van der Waals surface area contributed by atoms with Crippen molar-refractivity contribution in [3.8, 4) is 0 Å². The summed E-state index contributed by atoms with van der Waals surface area (Å²) in [6.07, 6.45) is 0. The molecule has 0 spiro atoms. The molecule has 1 aromatic rings. The molecule has 3 N–H and O–H groups in total. The number of benzene rings is 1. The molecule has 1 atom stereocenters. The predicted molar refractivity (Wildman–Crippen MR) is 69.6 cm³/mol. The first kappa shape index (κ1) is 14.9. The first-order chi connectivity index (χ1) is 8.79. The lowest BCUT2D eigenvalue weighted by Crippen LogP contribution is -2.46. The van der Waals surface area contributed by atoms with Gasteiger partial charge < -0.3 is 15.7 Å². The molecular weight excluding hydrogens is 251 g/mol. The number of nitrogens with one attached hydrogen (secondary N) is 2. The molecule has 0 aliphatic heterocycles. The Morgan fingerprint density at radius 3 is 2.37 bits per heavy atom. The molecule has 19 heavy (non-hydrogen) atoms. The number of hydrogen-bond donors (Lipinski definition) is 3. The van der Waals surface area contributed by atoms with E-state index in [1.54, 1.807) is 26.8 Å². The monoisotopic (exact) mass is 268 g/mol. The highest BCUT2D eigenvalue weighted by Crippen LogP contribution is 2.13. The van der Waals surface area contributed by atoms with Gasteiger partial charge in [0.05, 0.1) is 0 Å². The Balaban J connectivity index is 2.71. The molecule has 0 heterocycles. The number of carbonyl (C=O) groups excluding carboxylic acids is 1. The number of carbonyl (C=O) groups is 2. The second kappa shape index (κ2) is 6.17. The highest BCUT2D eigenvalue weighted by atomic mass is 19.1. The van der Waals surface area contributed by atoms with Gasteiger partial charge in [-0.05, 0) is 36.6 Å². The molecule has 0 bridgehead atoms. The molecule has 0 aromatic heterocycles. The zero-order chi connectivity index (χ0) is 14.6. The van der Waals surface area contributed by atoms with Crippen molar-refractivity contribution in [2.75, 3.05) is 5.32 Å².